The van der Waals surface area contributed by atoms with E-state index in [-0.39, 0.29) is 11.8 Å². The molecule has 0 N–H and O–H groups in total. The van der Waals surface area contributed by atoms with Gasteiger partial charge in [0, 0.05) is 39.1 Å². The molecule has 1 aliphatic rings. The highest BCUT2D eigenvalue weighted by Crippen LogP contribution is 2.24. The van der Waals surface area contributed by atoms with Gasteiger partial charge in [-0.05, 0) is 29.2 Å². The normalized spacial score (nSPS) is 16.3. The van der Waals surface area contributed by atoms with Crippen LogP contribution in [0, 0.1) is 0 Å². The van der Waals surface area contributed by atoms with E-state index in [4.69, 9.17) is 4.74 Å². The Hall–Kier alpha value is -2.33. The lowest BCUT2D eigenvalue weighted by molar-refractivity contribution is -0.133. The van der Waals surface area contributed by atoms with Crippen molar-refractivity contribution in [3.8, 4) is 5.75 Å². The second kappa shape index (κ2) is 8.86. The number of methoxy groups -OCH3 is 1. The highest BCUT2D eigenvalue weighted by molar-refractivity contribution is 5.77. The van der Waals surface area contributed by atoms with Crippen molar-refractivity contribution in [1.29, 1.82) is 0 Å². The number of carbonyl (C=O) groups excluding carboxylic acids is 1. The molecule has 0 radical (unpaired) electrons. The summed E-state index contributed by atoms with van der Waals surface area (Å²) in [5.41, 5.74) is 2.49. The van der Waals surface area contributed by atoms with Crippen molar-refractivity contribution in [3.05, 3.63) is 65.7 Å². The van der Waals surface area contributed by atoms with E-state index < -0.39 is 0 Å². The minimum atomic E-state index is 0.194. The fourth-order valence-electron chi connectivity index (χ4n) is 3.45. The fourth-order valence-corrected chi connectivity index (χ4v) is 3.45. The van der Waals surface area contributed by atoms with Crippen molar-refractivity contribution in [2.45, 2.75) is 25.8 Å². The quantitative estimate of drug-likeness (QED) is 0.797. The first kappa shape index (κ1) is 18.5. The maximum atomic E-state index is 12.7. The van der Waals surface area contributed by atoms with E-state index in [0.29, 0.717) is 6.42 Å². The number of hydrogen-bond donors (Lipinski definition) is 0. The number of piperazine rings is 1. The highest BCUT2D eigenvalue weighted by Gasteiger charge is 2.23. The molecule has 0 aromatic heterocycles. The van der Waals surface area contributed by atoms with E-state index in [1.54, 1.807) is 7.11 Å². The fraction of sp³-hybridized carbons (Fsp3) is 0.409. The van der Waals surface area contributed by atoms with Gasteiger partial charge in [0.2, 0.25) is 5.91 Å². The van der Waals surface area contributed by atoms with Crippen molar-refractivity contribution < 1.29 is 9.53 Å². The number of amides is 1. The molecular weight excluding hydrogens is 324 g/mol. The molecule has 1 amide bonds. The number of rotatable bonds is 6. The second-order valence-electron chi connectivity index (χ2n) is 7.02. The Labute approximate surface area is 156 Å². The monoisotopic (exact) mass is 352 g/mol. The maximum absolute atomic E-state index is 12.7. The zero-order valence-corrected chi connectivity index (χ0v) is 15.7. The van der Waals surface area contributed by atoms with Gasteiger partial charge in [0.15, 0.2) is 0 Å². The van der Waals surface area contributed by atoms with E-state index in [9.17, 15) is 4.79 Å². The number of ether oxygens (including phenoxy) is 1. The lowest BCUT2D eigenvalue weighted by atomic mass is 9.97. The molecule has 1 atom stereocenters. The summed E-state index contributed by atoms with van der Waals surface area (Å²) in [6, 6.07) is 18.5. The third kappa shape index (κ3) is 4.85. The Morgan fingerprint density at radius 1 is 1.04 bits per heavy atom. The average molecular weight is 352 g/mol. The van der Waals surface area contributed by atoms with Gasteiger partial charge >= 0.3 is 0 Å². The predicted molar refractivity (Wildman–Crippen MR) is 104 cm³/mol. The third-order valence-electron chi connectivity index (χ3n) is 5.12. The molecule has 0 aliphatic carbocycles. The first-order chi connectivity index (χ1) is 12.7. The Morgan fingerprint density at radius 3 is 2.46 bits per heavy atom. The van der Waals surface area contributed by atoms with E-state index in [1.807, 2.05) is 29.2 Å². The summed E-state index contributed by atoms with van der Waals surface area (Å²) in [6.07, 6.45) is 0.547. The predicted octanol–water partition coefficient (Wildman–Crippen LogP) is 3.53. The average Bonchev–Trinajstić information content (AvgIpc) is 2.69. The first-order valence-corrected chi connectivity index (χ1v) is 9.33. The zero-order valence-electron chi connectivity index (χ0n) is 15.7. The maximum Gasteiger partial charge on any atom is 0.223 e. The van der Waals surface area contributed by atoms with Crippen LogP contribution in [0.4, 0.5) is 0 Å². The van der Waals surface area contributed by atoms with Crippen LogP contribution in [0.25, 0.3) is 0 Å². The Bertz CT molecular complexity index is 709. The second-order valence-corrected chi connectivity index (χ2v) is 7.02. The molecule has 3 rings (SSSR count). The summed E-state index contributed by atoms with van der Waals surface area (Å²) >= 11 is 0. The Kier molecular flexibility index (Phi) is 6.29. The van der Waals surface area contributed by atoms with Crippen LogP contribution in [0.3, 0.4) is 0 Å². The molecule has 0 bridgehead atoms. The molecule has 1 saturated heterocycles. The van der Waals surface area contributed by atoms with Gasteiger partial charge in [0.25, 0.3) is 0 Å². The van der Waals surface area contributed by atoms with Gasteiger partial charge in [-0.3, -0.25) is 9.69 Å². The van der Waals surface area contributed by atoms with E-state index in [0.717, 1.165) is 44.0 Å². The molecule has 2 aromatic rings. The minimum absolute atomic E-state index is 0.194. The smallest absolute Gasteiger partial charge is 0.223 e. The molecule has 1 aliphatic heterocycles. The van der Waals surface area contributed by atoms with Gasteiger partial charge in [0.1, 0.15) is 5.75 Å². The zero-order chi connectivity index (χ0) is 18.4. The van der Waals surface area contributed by atoms with Crippen molar-refractivity contribution in [1.82, 2.24) is 9.80 Å². The molecule has 1 fully saturated rings. The summed E-state index contributed by atoms with van der Waals surface area (Å²) in [7, 11) is 1.67. The summed E-state index contributed by atoms with van der Waals surface area (Å²) < 4.78 is 5.29. The number of hydrogen-bond acceptors (Lipinski definition) is 3. The number of benzene rings is 2. The highest BCUT2D eigenvalue weighted by atomic mass is 16.5. The Balaban J connectivity index is 1.48. The van der Waals surface area contributed by atoms with Gasteiger partial charge in [-0.15, -0.1) is 0 Å². The van der Waals surface area contributed by atoms with Gasteiger partial charge in [-0.1, -0.05) is 49.4 Å². The summed E-state index contributed by atoms with van der Waals surface area (Å²) in [5, 5.41) is 0. The molecular formula is C22H28N2O2. The summed E-state index contributed by atoms with van der Waals surface area (Å²) in [4.78, 5) is 17.1. The van der Waals surface area contributed by atoms with Crippen molar-refractivity contribution in [2.24, 2.45) is 0 Å². The van der Waals surface area contributed by atoms with Crippen LogP contribution in [0.5, 0.6) is 5.75 Å². The van der Waals surface area contributed by atoms with Gasteiger partial charge in [-0.2, -0.15) is 0 Å². The van der Waals surface area contributed by atoms with E-state index >= 15 is 0 Å². The van der Waals surface area contributed by atoms with Crippen molar-refractivity contribution >= 4 is 5.91 Å². The SMILES string of the molecule is COc1cccc(C(C)CC(=O)N2CCN(Cc3ccccc3)CC2)c1. The van der Waals surface area contributed by atoms with Gasteiger partial charge < -0.3 is 9.64 Å². The Morgan fingerprint density at radius 2 is 1.77 bits per heavy atom. The van der Waals surface area contributed by atoms with Crippen LogP contribution in [-0.2, 0) is 11.3 Å². The number of carbonyl (C=O) groups is 1. The molecule has 1 heterocycles. The molecule has 4 nitrogen and oxygen atoms in total. The van der Waals surface area contributed by atoms with Crippen LogP contribution in [-0.4, -0.2) is 49.0 Å². The summed E-state index contributed by atoms with van der Waals surface area (Å²) in [5.74, 6) is 1.29. The lowest BCUT2D eigenvalue weighted by Crippen LogP contribution is -2.48. The van der Waals surface area contributed by atoms with Crippen molar-refractivity contribution in [3.63, 3.8) is 0 Å². The first-order valence-electron chi connectivity index (χ1n) is 9.33. The van der Waals surface area contributed by atoms with Gasteiger partial charge in [0.05, 0.1) is 7.11 Å². The topological polar surface area (TPSA) is 32.8 Å². The van der Waals surface area contributed by atoms with Crippen LogP contribution in [0.2, 0.25) is 0 Å². The van der Waals surface area contributed by atoms with Crippen LogP contribution >= 0.6 is 0 Å². The molecule has 0 spiro atoms. The third-order valence-corrected chi connectivity index (χ3v) is 5.12. The summed E-state index contributed by atoms with van der Waals surface area (Å²) in [6.45, 7) is 6.58. The molecule has 1 unspecified atom stereocenters. The van der Waals surface area contributed by atoms with Crippen LogP contribution in [0.1, 0.15) is 30.4 Å². The molecule has 0 saturated carbocycles. The molecule has 2 aromatic carbocycles. The van der Waals surface area contributed by atoms with Crippen LogP contribution in [0.15, 0.2) is 54.6 Å². The van der Waals surface area contributed by atoms with Crippen LogP contribution < -0.4 is 4.74 Å². The van der Waals surface area contributed by atoms with E-state index in [2.05, 4.69) is 42.2 Å². The standard InChI is InChI=1S/C22H28N2O2/c1-18(20-9-6-10-21(16-20)26-2)15-22(25)24-13-11-23(12-14-24)17-19-7-4-3-5-8-19/h3-10,16,18H,11-15,17H2,1-2H3. The van der Waals surface area contributed by atoms with E-state index in [1.165, 1.54) is 5.56 Å². The minimum Gasteiger partial charge on any atom is -0.497 e. The van der Waals surface area contributed by atoms with Gasteiger partial charge in [-0.25, -0.2) is 0 Å². The van der Waals surface area contributed by atoms with Crippen molar-refractivity contribution in [2.75, 3.05) is 33.3 Å². The largest absolute Gasteiger partial charge is 0.497 e. The molecule has 26 heavy (non-hydrogen) atoms. The number of nitrogens with zero attached hydrogens (tertiary/aromatic N) is 2. The molecule has 138 valence electrons. The lowest BCUT2D eigenvalue weighted by Gasteiger charge is -2.35. The molecule has 4 heteroatoms.